The number of fused-ring (bicyclic) bond motifs is 3. The number of rotatable bonds is 2. The van der Waals surface area contributed by atoms with Crippen molar-refractivity contribution in [1.29, 1.82) is 0 Å². The third kappa shape index (κ3) is 1.88. The molecule has 2 aromatic rings. The number of para-hydroxylation sites is 1. The Labute approximate surface area is 113 Å². The lowest BCUT2D eigenvalue weighted by atomic mass is 9.93. The zero-order chi connectivity index (χ0) is 13.6. The van der Waals surface area contributed by atoms with Crippen LogP contribution in [0.3, 0.4) is 0 Å². The number of aromatic nitrogens is 1. The van der Waals surface area contributed by atoms with Crippen molar-refractivity contribution in [1.82, 2.24) is 3.97 Å². The fourth-order valence-corrected chi connectivity index (χ4v) is 4.20. The Hall–Kier alpha value is -1.33. The van der Waals surface area contributed by atoms with Gasteiger partial charge >= 0.3 is 0 Å². The first-order valence-electron chi connectivity index (χ1n) is 6.39. The van der Waals surface area contributed by atoms with Crippen molar-refractivity contribution in [2.75, 3.05) is 13.4 Å². The molecule has 0 amide bonds. The molecule has 0 spiro atoms. The van der Waals surface area contributed by atoms with Gasteiger partial charge in [-0.05, 0) is 25.3 Å². The zero-order valence-electron chi connectivity index (χ0n) is 11.1. The van der Waals surface area contributed by atoms with Crippen molar-refractivity contribution in [2.45, 2.75) is 25.4 Å². The van der Waals surface area contributed by atoms with Crippen LogP contribution in [0.5, 0.6) is 0 Å². The molecular weight excluding hydrogens is 262 g/mol. The van der Waals surface area contributed by atoms with E-state index in [2.05, 4.69) is 0 Å². The van der Waals surface area contributed by atoms with Gasteiger partial charge in [-0.15, -0.1) is 0 Å². The molecule has 4 nitrogen and oxygen atoms in total. The summed E-state index contributed by atoms with van der Waals surface area (Å²) in [5.41, 5.74) is 2.70. The number of ether oxygens (including phenoxy) is 1. The van der Waals surface area contributed by atoms with Gasteiger partial charge in [0.1, 0.15) is 0 Å². The predicted molar refractivity (Wildman–Crippen MR) is 74.9 cm³/mol. The molecule has 1 heterocycles. The maximum Gasteiger partial charge on any atom is 0.236 e. The van der Waals surface area contributed by atoms with Crippen LogP contribution >= 0.6 is 0 Å². The van der Waals surface area contributed by atoms with E-state index in [0.717, 1.165) is 41.4 Å². The van der Waals surface area contributed by atoms with Gasteiger partial charge in [-0.25, -0.2) is 12.4 Å². The van der Waals surface area contributed by atoms with Crippen LogP contribution in [-0.2, 0) is 21.2 Å². The van der Waals surface area contributed by atoms with Crippen molar-refractivity contribution in [3.63, 3.8) is 0 Å². The summed E-state index contributed by atoms with van der Waals surface area (Å²) in [6.07, 6.45) is 3.95. The Morgan fingerprint density at radius 1 is 1.32 bits per heavy atom. The van der Waals surface area contributed by atoms with E-state index in [-0.39, 0.29) is 6.10 Å². The zero-order valence-corrected chi connectivity index (χ0v) is 11.9. The summed E-state index contributed by atoms with van der Waals surface area (Å²) < 4.78 is 31.2. The number of hydrogen-bond donors (Lipinski definition) is 0. The fourth-order valence-electron chi connectivity index (χ4n) is 3.10. The van der Waals surface area contributed by atoms with Gasteiger partial charge in [-0.3, -0.25) is 0 Å². The van der Waals surface area contributed by atoms with Gasteiger partial charge < -0.3 is 4.74 Å². The number of benzene rings is 1. The minimum absolute atomic E-state index is 0.00310. The molecule has 5 heteroatoms. The quantitative estimate of drug-likeness (QED) is 0.848. The van der Waals surface area contributed by atoms with Gasteiger partial charge in [0.15, 0.2) is 0 Å². The number of hydrogen-bond acceptors (Lipinski definition) is 3. The Kier molecular flexibility index (Phi) is 2.91. The minimum atomic E-state index is -3.30. The van der Waals surface area contributed by atoms with Gasteiger partial charge in [0.05, 0.1) is 17.9 Å². The first-order chi connectivity index (χ1) is 9.04. The van der Waals surface area contributed by atoms with Gasteiger partial charge in [0, 0.05) is 23.8 Å². The molecule has 1 aliphatic carbocycles. The Balaban J connectivity index is 2.44. The normalized spacial score (nSPS) is 19.6. The second kappa shape index (κ2) is 4.35. The highest BCUT2D eigenvalue weighted by atomic mass is 32.2. The van der Waals surface area contributed by atoms with Gasteiger partial charge in [-0.2, -0.15) is 0 Å². The highest BCUT2D eigenvalue weighted by Gasteiger charge is 2.29. The summed E-state index contributed by atoms with van der Waals surface area (Å²) in [6, 6.07) is 7.66. The molecule has 102 valence electrons. The summed E-state index contributed by atoms with van der Waals surface area (Å²) >= 11 is 0. The third-order valence-electron chi connectivity index (χ3n) is 3.79. The van der Waals surface area contributed by atoms with Gasteiger partial charge in [0.25, 0.3) is 0 Å². The van der Waals surface area contributed by atoms with Crippen molar-refractivity contribution in [2.24, 2.45) is 0 Å². The van der Waals surface area contributed by atoms with Crippen LogP contribution in [0.15, 0.2) is 24.3 Å². The Morgan fingerprint density at radius 2 is 2.05 bits per heavy atom. The van der Waals surface area contributed by atoms with Crippen LogP contribution in [0.1, 0.15) is 30.2 Å². The molecule has 0 saturated carbocycles. The molecule has 0 saturated heterocycles. The molecule has 1 aromatic heterocycles. The minimum Gasteiger partial charge on any atom is -0.377 e. The van der Waals surface area contributed by atoms with Crippen LogP contribution in [-0.4, -0.2) is 25.8 Å². The summed E-state index contributed by atoms with van der Waals surface area (Å²) in [5.74, 6) is 0. The highest BCUT2D eigenvalue weighted by Crippen LogP contribution is 2.39. The summed E-state index contributed by atoms with van der Waals surface area (Å²) in [4.78, 5) is 0. The van der Waals surface area contributed by atoms with Crippen LogP contribution in [0.25, 0.3) is 10.9 Å². The van der Waals surface area contributed by atoms with Crippen LogP contribution in [0.4, 0.5) is 0 Å². The lowest BCUT2D eigenvalue weighted by Crippen LogP contribution is -2.18. The predicted octanol–water partition coefficient (Wildman–Crippen LogP) is 2.47. The summed E-state index contributed by atoms with van der Waals surface area (Å²) in [7, 11) is -1.61. The average Bonchev–Trinajstić information content (AvgIpc) is 2.72. The molecule has 0 aliphatic heterocycles. The van der Waals surface area contributed by atoms with Crippen molar-refractivity contribution in [3.05, 3.63) is 35.5 Å². The summed E-state index contributed by atoms with van der Waals surface area (Å²) in [6.45, 7) is 0. The molecule has 1 aliphatic rings. The molecule has 0 radical (unpaired) electrons. The summed E-state index contributed by atoms with van der Waals surface area (Å²) in [5, 5.41) is 0.995. The molecule has 1 atom stereocenters. The van der Waals surface area contributed by atoms with E-state index in [0.29, 0.717) is 0 Å². The highest BCUT2D eigenvalue weighted by molar-refractivity contribution is 7.89. The molecule has 1 unspecified atom stereocenters. The monoisotopic (exact) mass is 279 g/mol. The first-order valence-corrected chi connectivity index (χ1v) is 8.24. The van der Waals surface area contributed by atoms with E-state index < -0.39 is 10.0 Å². The maximum absolute atomic E-state index is 12.1. The van der Waals surface area contributed by atoms with E-state index in [4.69, 9.17) is 4.74 Å². The van der Waals surface area contributed by atoms with Crippen molar-refractivity contribution >= 4 is 20.9 Å². The topological polar surface area (TPSA) is 48.3 Å². The third-order valence-corrected chi connectivity index (χ3v) is 4.87. The van der Waals surface area contributed by atoms with Crippen LogP contribution in [0, 0.1) is 0 Å². The molecule has 1 aromatic carbocycles. The van der Waals surface area contributed by atoms with E-state index in [1.54, 1.807) is 7.11 Å². The molecule has 0 N–H and O–H groups in total. The van der Waals surface area contributed by atoms with E-state index in [1.165, 1.54) is 10.2 Å². The van der Waals surface area contributed by atoms with E-state index >= 15 is 0 Å². The lowest BCUT2D eigenvalue weighted by Gasteiger charge is -2.22. The molecule has 0 fully saturated rings. The van der Waals surface area contributed by atoms with Crippen molar-refractivity contribution < 1.29 is 13.2 Å². The number of nitrogens with zero attached hydrogens (tertiary/aromatic N) is 1. The van der Waals surface area contributed by atoms with Gasteiger partial charge in [0.2, 0.25) is 10.0 Å². The smallest absolute Gasteiger partial charge is 0.236 e. The maximum atomic E-state index is 12.1. The number of methoxy groups -OCH3 is 1. The fraction of sp³-hybridized carbons (Fsp3) is 0.429. The Bertz CT molecular complexity index is 730. The SMILES string of the molecule is COC1CCCc2c1c1ccccc1n2S(C)(=O)=O. The first kappa shape index (κ1) is 12.7. The molecule has 3 rings (SSSR count). The largest absolute Gasteiger partial charge is 0.377 e. The van der Waals surface area contributed by atoms with Crippen LogP contribution in [0.2, 0.25) is 0 Å². The van der Waals surface area contributed by atoms with E-state index in [9.17, 15) is 8.42 Å². The molecule has 19 heavy (non-hydrogen) atoms. The van der Waals surface area contributed by atoms with E-state index in [1.807, 2.05) is 24.3 Å². The standard InChI is InChI=1S/C14H17NO3S/c1-18-13-9-5-8-12-14(13)10-6-3-4-7-11(10)15(12)19(2,16)17/h3-4,6-7,13H,5,8-9H2,1-2H3. The lowest BCUT2D eigenvalue weighted by molar-refractivity contribution is 0.0890. The van der Waals surface area contributed by atoms with Crippen molar-refractivity contribution in [3.8, 4) is 0 Å². The molecule has 0 bridgehead atoms. The second-order valence-corrected chi connectivity index (χ2v) is 6.85. The Morgan fingerprint density at radius 3 is 2.74 bits per heavy atom. The van der Waals surface area contributed by atoms with Crippen LogP contribution < -0.4 is 0 Å². The second-order valence-electron chi connectivity index (χ2n) is 5.02. The van der Waals surface area contributed by atoms with Gasteiger partial charge in [-0.1, -0.05) is 18.2 Å². The average molecular weight is 279 g/mol. The molecular formula is C14H17NO3S.